The third-order valence-electron chi connectivity index (χ3n) is 4.19. The molecule has 1 aromatic carbocycles. The number of halogens is 1. The van der Waals surface area contributed by atoms with Gasteiger partial charge in [-0.25, -0.2) is 0 Å². The Balaban J connectivity index is 0.00000264. The zero-order valence-corrected chi connectivity index (χ0v) is 14.8. The van der Waals surface area contributed by atoms with Crippen molar-refractivity contribution in [3.63, 3.8) is 0 Å². The Hall–Kier alpha value is -1.66. The standard InChI is InChI=1S/C16H24N2O4.ClH/c1-10(11-7-17-8-11)16(19)18-9-13-14(21-3)5-12(20-2)6-15(13)22-4;/h5-6,10-11,17H,7-9H2,1-4H3,(H,18,19);1H. The summed E-state index contributed by atoms with van der Waals surface area (Å²) in [6.07, 6.45) is 0. The van der Waals surface area contributed by atoms with Crippen LogP contribution in [0.4, 0.5) is 0 Å². The summed E-state index contributed by atoms with van der Waals surface area (Å²) in [6.45, 7) is 4.14. The molecule has 2 rings (SSSR count). The van der Waals surface area contributed by atoms with Crippen LogP contribution in [0.2, 0.25) is 0 Å². The Morgan fingerprint density at radius 3 is 2.17 bits per heavy atom. The van der Waals surface area contributed by atoms with Crippen LogP contribution in [0.5, 0.6) is 17.2 Å². The number of rotatable bonds is 7. The van der Waals surface area contributed by atoms with Crippen LogP contribution in [0, 0.1) is 11.8 Å². The van der Waals surface area contributed by atoms with Crippen molar-refractivity contribution in [2.24, 2.45) is 11.8 Å². The van der Waals surface area contributed by atoms with Crippen molar-refractivity contribution in [1.82, 2.24) is 10.6 Å². The number of methoxy groups -OCH3 is 3. The molecule has 1 fully saturated rings. The Kier molecular flexibility index (Phi) is 7.45. The maximum absolute atomic E-state index is 12.2. The van der Waals surface area contributed by atoms with Gasteiger partial charge in [-0.1, -0.05) is 6.92 Å². The molecule has 1 aromatic rings. The highest BCUT2D eigenvalue weighted by molar-refractivity contribution is 5.85. The minimum atomic E-state index is -0.00325. The molecule has 1 heterocycles. The van der Waals surface area contributed by atoms with E-state index in [9.17, 15) is 4.79 Å². The third kappa shape index (κ3) is 4.42. The first-order valence-corrected chi connectivity index (χ1v) is 7.38. The number of nitrogens with one attached hydrogen (secondary N) is 2. The van der Waals surface area contributed by atoms with Crippen LogP contribution in [-0.2, 0) is 11.3 Å². The minimum Gasteiger partial charge on any atom is -0.496 e. The molecule has 0 aromatic heterocycles. The predicted octanol–water partition coefficient (Wildman–Crippen LogP) is 1.61. The number of hydrogen-bond acceptors (Lipinski definition) is 5. The van der Waals surface area contributed by atoms with Crippen LogP contribution in [0.1, 0.15) is 12.5 Å². The fraction of sp³-hybridized carbons (Fsp3) is 0.562. The molecule has 23 heavy (non-hydrogen) atoms. The smallest absolute Gasteiger partial charge is 0.223 e. The number of ether oxygens (including phenoxy) is 3. The van der Waals surface area contributed by atoms with Gasteiger partial charge >= 0.3 is 0 Å². The fourth-order valence-electron chi connectivity index (χ4n) is 2.47. The monoisotopic (exact) mass is 344 g/mol. The van der Waals surface area contributed by atoms with Crippen molar-refractivity contribution in [3.8, 4) is 17.2 Å². The summed E-state index contributed by atoms with van der Waals surface area (Å²) in [5, 5.41) is 6.15. The molecule has 130 valence electrons. The molecule has 1 aliphatic rings. The number of carbonyl (C=O) groups is 1. The van der Waals surface area contributed by atoms with E-state index in [2.05, 4.69) is 10.6 Å². The van der Waals surface area contributed by atoms with Gasteiger partial charge in [-0.15, -0.1) is 12.4 Å². The first-order valence-electron chi connectivity index (χ1n) is 7.38. The lowest BCUT2D eigenvalue weighted by Gasteiger charge is -2.31. The average Bonchev–Trinajstić information content (AvgIpc) is 2.49. The van der Waals surface area contributed by atoms with Gasteiger partial charge in [-0.2, -0.15) is 0 Å². The molecule has 1 aliphatic heterocycles. The van der Waals surface area contributed by atoms with Crippen molar-refractivity contribution in [1.29, 1.82) is 0 Å². The van der Waals surface area contributed by atoms with E-state index in [-0.39, 0.29) is 24.2 Å². The molecule has 0 radical (unpaired) electrons. The zero-order chi connectivity index (χ0) is 16.1. The van der Waals surface area contributed by atoms with Crippen LogP contribution in [-0.4, -0.2) is 40.3 Å². The molecular weight excluding hydrogens is 320 g/mol. The topological polar surface area (TPSA) is 68.8 Å². The van der Waals surface area contributed by atoms with E-state index in [1.807, 2.05) is 6.92 Å². The average molecular weight is 345 g/mol. The summed E-state index contributed by atoms with van der Waals surface area (Å²) in [5.41, 5.74) is 0.804. The highest BCUT2D eigenvalue weighted by Crippen LogP contribution is 2.34. The minimum absolute atomic E-state index is 0. The second kappa shape index (κ2) is 8.84. The van der Waals surface area contributed by atoms with Crippen LogP contribution in [0.15, 0.2) is 12.1 Å². The zero-order valence-electron chi connectivity index (χ0n) is 14.0. The molecule has 7 heteroatoms. The molecule has 6 nitrogen and oxygen atoms in total. The Bertz CT molecular complexity index is 510. The summed E-state index contributed by atoms with van der Waals surface area (Å²) in [5.74, 6) is 2.38. The van der Waals surface area contributed by atoms with E-state index in [4.69, 9.17) is 14.2 Å². The normalized spacial score (nSPS) is 15.0. The van der Waals surface area contributed by atoms with Gasteiger partial charge < -0.3 is 24.8 Å². The van der Waals surface area contributed by atoms with Gasteiger partial charge in [-0.3, -0.25) is 4.79 Å². The van der Waals surface area contributed by atoms with Gasteiger partial charge in [0.25, 0.3) is 0 Å². The molecule has 1 atom stereocenters. The molecular formula is C16H25ClN2O4. The fourth-order valence-corrected chi connectivity index (χ4v) is 2.47. The third-order valence-corrected chi connectivity index (χ3v) is 4.19. The van der Waals surface area contributed by atoms with Gasteiger partial charge in [0.05, 0.1) is 33.4 Å². The van der Waals surface area contributed by atoms with Gasteiger partial charge in [0.15, 0.2) is 0 Å². The molecule has 0 saturated carbocycles. The van der Waals surface area contributed by atoms with E-state index < -0.39 is 0 Å². The lowest BCUT2D eigenvalue weighted by atomic mass is 9.88. The molecule has 1 saturated heterocycles. The van der Waals surface area contributed by atoms with E-state index in [1.54, 1.807) is 33.5 Å². The van der Waals surface area contributed by atoms with Gasteiger partial charge in [-0.05, 0) is 19.0 Å². The van der Waals surface area contributed by atoms with Crippen molar-refractivity contribution in [3.05, 3.63) is 17.7 Å². The maximum atomic E-state index is 12.2. The van der Waals surface area contributed by atoms with Gasteiger partial charge in [0.1, 0.15) is 17.2 Å². The van der Waals surface area contributed by atoms with E-state index in [1.165, 1.54) is 0 Å². The highest BCUT2D eigenvalue weighted by Gasteiger charge is 2.28. The first-order chi connectivity index (χ1) is 10.6. The summed E-state index contributed by atoms with van der Waals surface area (Å²) in [4.78, 5) is 12.2. The van der Waals surface area contributed by atoms with Crippen LogP contribution < -0.4 is 24.8 Å². The van der Waals surface area contributed by atoms with E-state index >= 15 is 0 Å². The van der Waals surface area contributed by atoms with Gasteiger partial charge in [0, 0.05) is 18.1 Å². The number of amides is 1. The van der Waals surface area contributed by atoms with E-state index in [0.717, 1.165) is 18.7 Å². The summed E-state index contributed by atoms with van der Waals surface area (Å²) in [7, 11) is 4.76. The Morgan fingerprint density at radius 2 is 1.78 bits per heavy atom. The lowest BCUT2D eigenvalue weighted by molar-refractivity contribution is -0.126. The second-order valence-corrected chi connectivity index (χ2v) is 5.44. The molecule has 0 aliphatic carbocycles. The summed E-state index contributed by atoms with van der Waals surface area (Å²) in [6, 6.07) is 3.56. The SMILES string of the molecule is COc1cc(OC)c(CNC(=O)C(C)C2CNC2)c(OC)c1.Cl. The lowest BCUT2D eigenvalue weighted by Crippen LogP contribution is -2.49. The van der Waals surface area contributed by atoms with E-state index in [0.29, 0.717) is 29.7 Å². The van der Waals surface area contributed by atoms with Gasteiger partial charge in [0.2, 0.25) is 5.91 Å². The largest absolute Gasteiger partial charge is 0.496 e. The molecule has 0 spiro atoms. The number of carbonyl (C=O) groups excluding carboxylic acids is 1. The number of benzene rings is 1. The van der Waals surface area contributed by atoms with Crippen molar-refractivity contribution in [2.75, 3.05) is 34.4 Å². The summed E-state index contributed by atoms with van der Waals surface area (Å²) < 4.78 is 16.0. The molecule has 0 bridgehead atoms. The second-order valence-electron chi connectivity index (χ2n) is 5.44. The summed E-state index contributed by atoms with van der Waals surface area (Å²) >= 11 is 0. The highest BCUT2D eigenvalue weighted by atomic mass is 35.5. The molecule has 1 amide bonds. The predicted molar refractivity (Wildman–Crippen MR) is 90.7 cm³/mol. The quantitative estimate of drug-likeness (QED) is 0.786. The maximum Gasteiger partial charge on any atom is 0.223 e. The van der Waals surface area contributed by atoms with Crippen molar-refractivity contribution < 1.29 is 19.0 Å². The number of hydrogen-bond donors (Lipinski definition) is 2. The van der Waals surface area contributed by atoms with Crippen molar-refractivity contribution in [2.45, 2.75) is 13.5 Å². The van der Waals surface area contributed by atoms with Crippen LogP contribution in [0.25, 0.3) is 0 Å². The van der Waals surface area contributed by atoms with Crippen LogP contribution >= 0.6 is 12.4 Å². The Labute approximate surface area is 143 Å². The molecule has 2 N–H and O–H groups in total. The van der Waals surface area contributed by atoms with Crippen LogP contribution in [0.3, 0.4) is 0 Å². The van der Waals surface area contributed by atoms with Crippen molar-refractivity contribution >= 4 is 18.3 Å². The molecule has 1 unspecified atom stereocenters. The first kappa shape index (κ1) is 19.4. The Morgan fingerprint density at radius 1 is 1.22 bits per heavy atom.